The van der Waals surface area contributed by atoms with Crippen LogP contribution in [-0.4, -0.2) is 13.0 Å². The fraction of sp³-hybridized carbons (Fsp3) is 0.647. The molecule has 0 amide bonds. The van der Waals surface area contributed by atoms with E-state index in [1.165, 1.54) is 22.2 Å². The first-order valence-electron chi connectivity index (χ1n) is 7.69. The van der Waals surface area contributed by atoms with E-state index in [0.29, 0.717) is 0 Å². The molecule has 0 nitrogen and oxygen atoms in total. The average molecular weight is 373 g/mol. The van der Waals surface area contributed by atoms with Crippen molar-refractivity contribution in [3.05, 3.63) is 34.3 Å². The van der Waals surface area contributed by atoms with Crippen LogP contribution in [0.15, 0.2) is 28.7 Å². The highest BCUT2D eigenvalue weighted by atomic mass is 79.9. The van der Waals surface area contributed by atoms with Crippen LogP contribution in [0.4, 0.5) is 0 Å². The van der Waals surface area contributed by atoms with Crippen LogP contribution in [0, 0.1) is 0 Å². The number of benzene rings is 1. The summed E-state index contributed by atoms with van der Waals surface area (Å²) in [5.41, 5.74) is 3.99. The average Bonchev–Trinajstić information content (AvgIpc) is 2.35. The first-order chi connectivity index (χ1) is 9.30. The maximum atomic E-state index is 3.50. The summed E-state index contributed by atoms with van der Waals surface area (Å²) in [5, 5.41) is 0. The molecule has 0 radical (unpaired) electrons. The van der Waals surface area contributed by atoms with E-state index in [2.05, 4.69) is 92.9 Å². The Balaban J connectivity index is 2.70. The summed E-state index contributed by atoms with van der Waals surface area (Å²) in [7, 11) is -1.28. The third-order valence-corrected chi connectivity index (χ3v) is 17.6. The van der Waals surface area contributed by atoms with Gasteiger partial charge in [-0.05, 0) is 46.5 Å². The van der Waals surface area contributed by atoms with Gasteiger partial charge in [-0.15, -0.1) is 0 Å². The Labute approximate surface area is 138 Å². The molecule has 0 aliphatic carbocycles. The summed E-state index contributed by atoms with van der Waals surface area (Å²) < 4.78 is 1.17. The van der Waals surface area contributed by atoms with Crippen molar-refractivity contribution < 1.29 is 0 Å². The zero-order chi connectivity index (χ0) is 15.3. The van der Waals surface area contributed by atoms with Crippen LogP contribution in [0.5, 0.6) is 0 Å². The quantitative estimate of drug-likeness (QED) is 0.468. The van der Waals surface area contributed by atoms with Gasteiger partial charge in [0, 0.05) is 4.47 Å². The highest BCUT2D eigenvalue weighted by Crippen LogP contribution is 2.49. The number of hydrogen-bond donors (Lipinski definition) is 0. The summed E-state index contributed by atoms with van der Waals surface area (Å²) in [4.78, 5) is 0. The van der Waals surface area contributed by atoms with Gasteiger partial charge in [0.15, 0.2) is 0 Å². The summed E-state index contributed by atoms with van der Waals surface area (Å²) in [6.07, 6.45) is 1.19. The van der Waals surface area contributed by atoms with Gasteiger partial charge >= 0.3 is 0 Å². The molecule has 3 heteroatoms. The Morgan fingerprint density at radius 3 is 1.75 bits per heavy atom. The van der Waals surface area contributed by atoms with Gasteiger partial charge in [0.2, 0.25) is 0 Å². The fourth-order valence-electron chi connectivity index (χ4n) is 3.50. The molecule has 0 heterocycles. The smallest absolute Gasteiger partial charge is 0.124 e. The van der Waals surface area contributed by atoms with E-state index in [-0.39, 0.29) is 0 Å². The molecule has 1 aromatic carbocycles. The lowest BCUT2D eigenvalue weighted by atomic mass is 10.2. The van der Waals surface area contributed by atoms with Gasteiger partial charge in [-0.1, -0.05) is 69.6 Å². The van der Waals surface area contributed by atoms with Crippen molar-refractivity contribution in [3.63, 3.8) is 0 Å². The zero-order valence-electron chi connectivity index (χ0n) is 13.7. The summed E-state index contributed by atoms with van der Waals surface area (Å²) >= 11 is 5.82. The van der Waals surface area contributed by atoms with Gasteiger partial charge in [0.05, 0.1) is 0 Å². The van der Waals surface area contributed by atoms with Crippen LogP contribution in [0.3, 0.4) is 0 Å². The SMILES string of the molecule is CC(C)[Si](SCCc1ccc(Br)cc1)(C(C)C)C(C)C. The molecule has 0 spiro atoms. The molecule has 0 saturated carbocycles. The van der Waals surface area contributed by atoms with Crippen molar-refractivity contribution in [2.75, 3.05) is 5.75 Å². The van der Waals surface area contributed by atoms with Crippen molar-refractivity contribution in [1.82, 2.24) is 0 Å². The Hall–Kier alpha value is 0.267. The van der Waals surface area contributed by atoms with Crippen molar-refractivity contribution in [2.45, 2.75) is 64.6 Å². The van der Waals surface area contributed by atoms with Gasteiger partial charge in [-0.3, -0.25) is 0 Å². The fourth-order valence-corrected chi connectivity index (χ4v) is 13.8. The number of halogens is 1. The molecule has 0 N–H and O–H groups in total. The van der Waals surface area contributed by atoms with E-state index in [1.54, 1.807) is 0 Å². The van der Waals surface area contributed by atoms with Crippen molar-refractivity contribution in [1.29, 1.82) is 0 Å². The van der Waals surface area contributed by atoms with Crippen LogP contribution < -0.4 is 0 Å². The molecular weight excluding hydrogens is 344 g/mol. The van der Waals surface area contributed by atoms with E-state index < -0.39 is 7.22 Å². The van der Waals surface area contributed by atoms with E-state index in [9.17, 15) is 0 Å². The summed E-state index contributed by atoms with van der Waals surface area (Å²) in [6.45, 7) is 14.7. The number of aryl methyl sites for hydroxylation is 1. The molecule has 0 atom stereocenters. The molecule has 0 aromatic heterocycles. The zero-order valence-corrected chi connectivity index (χ0v) is 17.1. The molecule has 1 aromatic rings. The maximum Gasteiger partial charge on any atom is 0.124 e. The summed E-state index contributed by atoms with van der Waals surface area (Å²) in [5.74, 6) is 1.27. The van der Waals surface area contributed by atoms with Gasteiger partial charge in [0.1, 0.15) is 7.22 Å². The lowest BCUT2D eigenvalue weighted by molar-refractivity contribution is 0.851. The molecule has 0 fully saturated rings. The van der Waals surface area contributed by atoms with E-state index in [1.807, 2.05) is 0 Å². The Morgan fingerprint density at radius 2 is 1.35 bits per heavy atom. The van der Waals surface area contributed by atoms with Crippen LogP contribution >= 0.6 is 27.1 Å². The molecule has 0 aliphatic rings. The van der Waals surface area contributed by atoms with Crippen molar-refractivity contribution >= 4 is 34.4 Å². The molecule has 114 valence electrons. The molecule has 0 unspecified atom stereocenters. The first-order valence-corrected chi connectivity index (χ1v) is 12.4. The van der Waals surface area contributed by atoms with E-state index in [4.69, 9.17) is 0 Å². The van der Waals surface area contributed by atoms with Crippen LogP contribution in [0.25, 0.3) is 0 Å². The second kappa shape index (κ2) is 8.05. The standard InChI is InChI=1S/C17H29BrSSi/c1-13(2)20(14(3)4,15(5)6)19-12-11-16-7-9-17(18)10-8-16/h7-10,13-15H,11-12H2,1-6H3. The highest BCUT2D eigenvalue weighted by Gasteiger charge is 2.43. The molecule has 0 saturated heterocycles. The minimum Gasteiger partial charge on any atom is -0.184 e. The van der Waals surface area contributed by atoms with Crippen LogP contribution in [0.2, 0.25) is 16.6 Å². The number of hydrogen-bond acceptors (Lipinski definition) is 1. The maximum absolute atomic E-state index is 3.50. The van der Waals surface area contributed by atoms with Gasteiger partial charge in [-0.2, -0.15) is 11.2 Å². The van der Waals surface area contributed by atoms with Crippen molar-refractivity contribution in [2.24, 2.45) is 0 Å². The van der Waals surface area contributed by atoms with E-state index >= 15 is 0 Å². The van der Waals surface area contributed by atoms with Crippen LogP contribution in [0.1, 0.15) is 47.1 Å². The molecule has 20 heavy (non-hydrogen) atoms. The van der Waals surface area contributed by atoms with E-state index in [0.717, 1.165) is 16.6 Å². The minimum atomic E-state index is -1.28. The molecular formula is C17H29BrSSi. The normalized spacial score (nSPS) is 12.7. The predicted octanol–water partition coefficient (Wildman–Crippen LogP) is 6.90. The van der Waals surface area contributed by atoms with Crippen molar-refractivity contribution in [3.8, 4) is 0 Å². The minimum absolute atomic E-state index is 0.845. The largest absolute Gasteiger partial charge is 0.184 e. The van der Waals surface area contributed by atoms with Gasteiger partial charge in [0.25, 0.3) is 0 Å². The second-order valence-electron chi connectivity index (χ2n) is 6.54. The number of rotatable bonds is 7. The third kappa shape index (κ3) is 4.38. The Bertz CT molecular complexity index is 376. The molecule has 0 bridgehead atoms. The van der Waals surface area contributed by atoms with Gasteiger partial charge < -0.3 is 0 Å². The monoisotopic (exact) mass is 372 g/mol. The van der Waals surface area contributed by atoms with Gasteiger partial charge in [-0.25, -0.2) is 0 Å². The highest BCUT2D eigenvalue weighted by molar-refractivity contribution is 9.10. The summed E-state index contributed by atoms with van der Waals surface area (Å²) in [6, 6.07) is 8.79. The Morgan fingerprint density at radius 1 is 0.900 bits per heavy atom. The first kappa shape index (κ1) is 18.3. The second-order valence-corrected chi connectivity index (χ2v) is 16.3. The Kier molecular flexibility index (Phi) is 7.37. The molecule has 1 rings (SSSR count). The lowest BCUT2D eigenvalue weighted by Crippen LogP contribution is -2.41. The lowest BCUT2D eigenvalue weighted by Gasteiger charge is -2.42. The molecule has 0 aliphatic heterocycles. The van der Waals surface area contributed by atoms with Crippen LogP contribution in [-0.2, 0) is 6.42 Å². The topological polar surface area (TPSA) is 0 Å². The third-order valence-electron chi connectivity index (χ3n) is 4.36. The predicted molar refractivity (Wildman–Crippen MR) is 101 cm³/mol.